The molecule has 2 aliphatic rings. The monoisotopic (exact) mass is 439 g/mol. The standard InChI is InChI=1S/C20H31BClN3O3S/c1-19(2)20(3,4)28-21(27-19)16-13-23-18(24-14-16)29-11-5-6-15-7-9-25(10-8-15)17(26)12-22/h13-15H,5-12H2,1-4H3. The molecule has 3 rings (SSSR count). The van der Waals surface area contributed by atoms with Crippen molar-refractivity contribution in [3.05, 3.63) is 12.4 Å². The smallest absolute Gasteiger partial charge is 0.399 e. The summed E-state index contributed by atoms with van der Waals surface area (Å²) in [5.74, 6) is 1.84. The number of aromatic nitrogens is 2. The fraction of sp³-hybridized carbons (Fsp3) is 0.750. The van der Waals surface area contributed by atoms with Crippen LogP contribution in [0.1, 0.15) is 53.4 Å². The van der Waals surface area contributed by atoms with Gasteiger partial charge in [0, 0.05) is 36.7 Å². The van der Waals surface area contributed by atoms with Gasteiger partial charge in [0.15, 0.2) is 5.16 Å². The normalized spacial score (nSPS) is 21.6. The second-order valence-electron chi connectivity index (χ2n) is 8.84. The molecule has 1 aromatic rings. The van der Waals surface area contributed by atoms with Crippen LogP contribution in [0, 0.1) is 5.92 Å². The second kappa shape index (κ2) is 9.54. The molecule has 0 bridgehead atoms. The Hall–Kier alpha value is -0.825. The molecule has 0 radical (unpaired) electrons. The van der Waals surface area contributed by atoms with Crippen LogP contribution >= 0.6 is 23.4 Å². The highest BCUT2D eigenvalue weighted by Gasteiger charge is 2.51. The molecule has 0 N–H and O–H groups in total. The predicted molar refractivity (Wildman–Crippen MR) is 118 cm³/mol. The lowest BCUT2D eigenvalue weighted by molar-refractivity contribution is -0.129. The molecule has 0 atom stereocenters. The number of amides is 1. The molecule has 0 aromatic carbocycles. The first-order valence-electron chi connectivity index (χ1n) is 10.4. The highest BCUT2D eigenvalue weighted by Crippen LogP contribution is 2.36. The van der Waals surface area contributed by atoms with Gasteiger partial charge in [-0.25, -0.2) is 9.97 Å². The van der Waals surface area contributed by atoms with Crippen molar-refractivity contribution in [3.63, 3.8) is 0 Å². The van der Waals surface area contributed by atoms with Crippen LogP contribution in [0.25, 0.3) is 0 Å². The number of likely N-dealkylation sites (tertiary alicyclic amines) is 1. The van der Waals surface area contributed by atoms with Crippen molar-refractivity contribution in [2.24, 2.45) is 5.92 Å². The zero-order chi connectivity index (χ0) is 21.1. The molecule has 1 amide bonds. The largest absolute Gasteiger partial charge is 0.498 e. The molecule has 160 valence electrons. The number of carbonyl (C=O) groups excluding carboxylic acids is 1. The van der Waals surface area contributed by atoms with E-state index in [-0.39, 0.29) is 23.0 Å². The van der Waals surface area contributed by atoms with Crippen molar-refractivity contribution in [2.45, 2.75) is 69.7 Å². The van der Waals surface area contributed by atoms with Crippen LogP contribution in [0.4, 0.5) is 0 Å². The average Bonchev–Trinajstić information content (AvgIpc) is 2.93. The summed E-state index contributed by atoms with van der Waals surface area (Å²) in [6.07, 6.45) is 8.07. The summed E-state index contributed by atoms with van der Waals surface area (Å²) in [5, 5.41) is 0.785. The van der Waals surface area contributed by atoms with Crippen molar-refractivity contribution >= 4 is 41.9 Å². The molecule has 0 spiro atoms. The Morgan fingerprint density at radius 2 is 1.79 bits per heavy atom. The van der Waals surface area contributed by atoms with E-state index >= 15 is 0 Å². The van der Waals surface area contributed by atoms with Crippen LogP contribution in [-0.4, -0.2) is 63.8 Å². The number of piperidine rings is 1. The number of rotatable bonds is 7. The highest BCUT2D eigenvalue weighted by atomic mass is 35.5. The highest BCUT2D eigenvalue weighted by molar-refractivity contribution is 7.99. The lowest BCUT2D eigenvalue weighted by atomic mass is 9.81. The van der Waals surface area contributed by atoms with Gasteiger partial charge in [0.2, 0.25) is 5.91 Å². The first kappa shape index (κ1) is 22.9. The molecular formula is C20H31BClN3O3S. The molecule has 3 heterocycles. The first-order chi connectivity index (χ1) is 13.7. The van der Waals surface area contributed by atoms with Gasteiger partial charge >= 0.3 is 7.12 Å². The number of hydrogen-bond donors (Lipinski definition) is 0. The third-order valence-electron chi connectivity index (χ3n) is 6.24. The van der Waals surface area contributed by atoms with Gasteiger partial charge < -0.3 is 14.2 Å². The van der Waals surface area contributed by atoms with Gasteiger partial charge in [-0.3, -0.25) is 4.79 Å². The van der Waals surface area contributed by atoms with Gasteiger partial charge in [-0.2, -0.15) is 0 Å². The molecule has 29 heavy (non-hydrogen) atoms. The summed E-state index contributed by atoms with van der Waals surface area (Å²) in [7, 11) is -0.421. The van der Waals surface area contributed by atoms with Gasteiger partial charge in [-0.05, 0) is 59.3 Å². The van der Waals surface area contributed by atoms with Crippen molar-refractivity contribution in [1.29, 1.82) is 0 Å². The van der Waals surface area contributed by atoms with Crippen LogP contribution in [-0.2, 0) is 14.1 Å². The SMILES string of the molecule is CC1(C)OB(c2cnc(SCCCC3CCN(C(=O)CCl)CC3)nc2)OC1(C)C. The summed E-state index contributed by atoms with van der Waals surface area (Å²) < 4.78 is 12.1. The van der Waals surface area contributed by atoms with Gasteiger partial charge in [0.1, 0.15) is 5.88 Å². The van der Waals surface area contributed by atoms with Crippen LogP contribution in [0.5, 0.6) is 0 Å². The zero-order valence-electron chi connectivity index (χ0n) is 17.8. The van der Waals surface area contributed by atoms with Crippen molar-refractivity contribution in [2.75, 3.05) is 24.7 Å². The average molecular weight is 440 g/mol. The molecule has 0 aliphatic carbocycles. The molecular weight excluding hydrogens is 409 g/mol. The Balaban J connectivity index is 1.38. The van der Waals surface area contributed by atoms with E-state index in [9.17, 15) is 4.79 Å². The second-order valence-corrected chi connectivity index (χ2v) is 10.2. The van der Waals surface area contributed by atoms with E-state index < -0.39 is 7.12 Å². The maximum atomic E-state index is 11.6. The van der Waals surface area contributed by atoms with Crippen LogP contribution in [0.15, 0.2) is 17.6 Å². The van der Waals surface area contributed by atoms with E-state index in [0.29, 0.717) is 5.92 Å². The van der Waals surface area contributed by atoms with E-state index in [1.165, 1.54) is 6.42 Å². The number of alkyl halides is 1. The van der Waals surface area contributed by atoms with E-state index in [2.05, 4.69) is 9.97 Å². The van der Waals surface area contributed by atoms with E-state index in [4.69, 9.17) is 20.9 Å². The number of hydrogen-bond acceptors (Lipinski definition) is 6. The Bertz CT molecular complexity index is 681. The Morgan fingerprint density at radius 3 is 2.34 bits per heavy atom. The minimum Gasteiger partial charge on any atom is -0.399 e. The van der Waals surface area contributed by atoms with Crippen molar-refractivity contribution < 1.29 is 14.1 Å². The van der Waals surface area contributed by atoms with Gasteiger partial charge in [0.05, 0.1) is 11.2 Å². The van der Waals surface area contributed by atoms with E-state index in [1.807, 2.05) is 32.6 Å². The summed E-state index contributed by atoms with van der Waals surface area (Å²) in [6.45, 7) is 9.84. The maximum Gasteiger partial charge on any atom is 0.498 e. The van der Waals surface area contributed by atoms with Crippen LogP contribution in [0.3, 0.4) is 0 Å². The van der Waals surface area contributed by atoms with Gasteiger partial charge in [-0.15, -0.1) is 11.6 Å². The molecule has 1 aromatic heterocycles. The maximum absolute atomic E-state index is 11.6. The van der Waals surface area contributed by atoms with Crippen molar-refractivity contribution in [3.8, 4) is 0 Å². The third kappa shape index (κ3) is 5.66. The number of nitrogens with zero attached hydrogens (tertiary/aromatic N) is 3. The van der Waals surface area contributed by atoms with Crippen LogP contribution in [0.2, 0.25) is 0 Å². The molecule has 0 unspecified atom stereocenters. The summed E-state index contributed by atoms with van der Waals surface area (Å²) in [5.41, 5.74) is 0.128. The number of halogens is 1. The molecule has 9 heteroatoms. The van der Waals surface area contributed by atoms with E-state index in [0.717, 1.165) is 48.7 Å². The minimum atomic E-state index is -0.421. The Kier molecular flexibility index (Phi) is 7.52. The number of carbonyl (C=O) groups is 1. The topological polar surface area (TPSA) is 64.5 Å². The first-order valence-corrected chi connectivity index (χ1v) is 11.9. The zero-order valence-corrected chi connectivity index (χ0v) is 19.4. The summed E-state index contributed by atoms with van der Waals surface area (Å²) in [6, 6.07) is 0. The fourth-order valence-electron chi connectivity index (χ4n) is 3.59. The number of thioether (sulfide) groups is 1. The minimum absolute atomic E-state index is 0.0572. The Morgan fingerprint density at radius 1 is 1.21 bits per heavy atom. The third-order valence-corrected chi connectivity index (χ3v) is 7.43. The lowest BCUT2D eigenvalue weighted by Gasteiger charge is -2.32. The van der Waals surface area contributed by atoms with Gasteiger partial charge in [-0.1, -0.05) is 11.8 Å². The van der Waals surface area contributed by atoms with Crippen molar-refractivity contribution in [1.82, 2.24) is 14.9 Å². The van der Waals surface area contributed by atoms with Crippen LogP contribution < -0.4 is 5.46 Å². The van der Waals surface area contributed by atoms with E-state index in [1.54, 1.807) is 24.2 Å². The lowest BCUT2D eigenvalue weighted by Crippen LogP contribution is -2.41. The molecule has 2 aliphatic heterocycles. The fourth-order valence-corrected chi connectivity index (χ4v) is 4.51. The molecule has 0 saturated carbocycles. The molecule has 2 fully saturated rings. The molecule has 6 nitrogen and oxygen atoms in total. The quantitative estimate of drug-likeness (QED) is 0.214. The molecule has 2 saturated heterocycles. The Labute approximate surface area is 183 Å². The summed E-state index contributed by atoms with van der Waals surface area (Å²) >= 11 is 7.32. The predicted octanol–water partition coefficient (Wildman–Crippen LogP) is 3.13. The summed E-state index contributed by atoms with van der Waals surface area (Å²) in [4.78, 5) is 22.5. The van der Waals surface area contributed by atoms with Gasteiger partial charge in [0.25, 0.3) is 0 Å².